The number of ether oxygens (including phenoxy) is 1. The summed E-state index contributed by atoms with van der Waals surface area (Å²) in [5, 5.41) is 3.30. The number of halogens is 1. The normalized spacial score (nSPS) is 11.2. The number of carbonyl (C=O) groups is 1. The zero-order valence-electron chi connectivity index (χ0n) is 17.9. The lowest BCUT2D eigenvalue weighted by Gasteiger charge is -2.24. The standard InChI is InChI=1S/C22H29ClN2O4S/c1-16-13-17(2)15-19(14-16)29-12-10-24-22(26)9-6-11-25(30(4,27)28)21-8-5-7-20(23)18(21)3/h5,7-8,13-15H,6,9-12H2,1-4H3,(H,24,26). The van der Waals surface area contributed by atoms with Crippen LogP contribution in [0.15, 0.2) is 36.4 Å². The number of rotatable bonds is 10. The number of nitrogens with one attached hydrogen (secondary N) is 1. The molecule has 2 aromatic carbocycles. The third-order valence-corrected chi connectivity index (χ3v) is 6.15. The van der Waals surface area contributed by atoms with Gasteiger partial charge in [0.05, 0.1) is 18.5 Å². The number of sulfonamides is 1. The van der Waals surface area contributed by atoms with Gasteiger partial charge in [-0.2, -0.15) is 0 Å². The summed E-state index contributed by atoms with van der Waals surface area (Å²) in [6.45, 7) is 6.74. The first kappa shape index (κ1) is 24.0. The molecule has 0 heterocycles. The van der Waals surface area contributed by atoms with E-state index >= 15 is 0 Å². The van der Waals surface area contributed by atoms with Gasteiger partial charge in [-0.25, -0.2) is 8.42 Å². The smallest absolute Gasteiger partial charge is 0.232 e. The van der Waals surface area contributed by atoms with Gasteiger partial charge in [-0.3, -0.25) is 9.10 Å². The monoisotopic (exact) mass is 452 g/mol. The molecule has 164 valence electrons. The highest BCUT2D eigenvalue weighted by molar-refractivity contribution is 7.92. The van der Waals surface area contributed by atoms with Crippen molar-refractivity contribution in [2.45, 2.75) is 33.6 Å². The molecule has 0 radical (unpaired) electrons. The average Bonchev–Trinajstić information content (AvgIpc) is 2.63. The number of hydrogen-bond acceptors (Lipinski definition) is 4. The van der Waals surface area contributed by atoms with E-state index in [9.17, 15) is 13.2 Å². The van der Waals surface area contributed by atoms with E-state index < -0.39 is 10.0 Å². The van der Waals surface area contributed by atoms with Crippen molar-refractivity contribution in [3.63, 3.8) is 0 Å². The molecule has 0 unspecified atom stereocenters. The maximum atomic E-state index is 12.2. The zero-order valence-corrected chi connectivity index (χ0v) is 19.4. The molecule has 0 atom stereocenters. The van der Waals surface area contributed by atoms with Crippen molar-refractivity contribution in [1.29, 1.82) is 0 Å². The van der Waals surface area contributed by atoms with E-state index in [-0.39, 0.29) is 18.9 Å². The first-order valence-corrected chi connectivity index (χ1v) is 12.0. The number of hydrogen-bond donors (Lipinski definition) is 1. The van der Waals surface area contributed by atoms with Crippen molar-refractivity contribution >= 4 is 33.2 Å². The Labute approximate surface area is 184 Å². The molecule has 0 saturated carbocycles. The summed E-state index contributed by atoms with van der Waals surface area (Å²) in [6.07, 6.45) is 1.76. The first-order chi connectivity index (χ1) is 14.1. The van der Waals surface area contributed by atoms with E-state index in [1.165, 1.54) is 4.31 Å². The molecule has 0 spiro atoms. The van der Waals surface area contributed by atoms with Gasteiger partial charge in [0.25, 0.3) is 0 Å². The summed E-state index contributed by atoms with van der Waals surface area (Å²) in [6, 6.07) is 11.1. The molecule has 1 N–H and O–H groups in total. The molecule has 1 amide bonds. The van der Waals surface area contributed by atoms with Crippen LogP contribution in [0.1, 0.15) is 29.5 Å². The highest BCUT2D eigenvalue weighted by Gasteiger charge is 2.20. The van der Waals surface area contributed by atoms with Crippen molar-refractivity contribution < 1.29 is 17.9 Å². The Kier molecular flexibility index (Phi) is 8.55. The van der Waals surface area contributed by atoms with E-state index in [1.54, 1.807) is 25.1 Å². The number of benzene rings is 2. The Morgan fingerprint density at radius 3 is 2.43 bits per heavy atom. The van der Waals surface area contributed by atoms with Gasteiger partial charge in [-0.05, 0) is 68.1 Å². The van der Waals surface area contributed by atoms with Crippen molar-refractivity contribution in [3.8, 4) is 5.75 Å². The molecule has 0 fully saturated rings. The predicted octanol–water partition coefficient (Wildman–Crippen LogP) is 4.01. The van der Waals surface area contributed by atoms with Crippen LogP contribution in [0.2, 0.25) is 5.02 Å². The molecule has 30 heavy (non-hydrogen) atoms. The van der Waals surface area contributed by atoms with Gasteiger partial charge in [0.2, 0.25) is 15.9 Å². The molecular formula is C22H29ClN2O4S. The molecule has 0 aliphatic rings. The maximum absolute atomic E-state index is 12.2. The lowest BCUT2D eigenvalue weighted by Crippen LogP contribution is -2.33. The second-order valence-electron chi connectivity index (χ2n) is 7.34. The fourth-order valence-electron chi connectivity index (χ4n) is 3.18. The number of amides is 1. The van der Waals surface area contributed by atoms with Gasteiger partial charge in [-0.1, -0.05) is 23.7 Å². The summed E-state index contributed by atoms with van der Waals surface area (Å²) >= 11 is 6.13. The number of anilines is 1. The number of nitrogens with zero attached hydrogens (tertiary/aromatic N) is 1. The van der Waals surface area contributed by atoms with Crippen molar-refractivity contribution in [3.05, 3.63) is 58.1 Å². The second-order valence-corrected chi connectivity index (χ2v) is 9.66. The third-order valence-electron chi connectivity index (χ3n) is 4.56. The van der Waals surface area contributed by atoms with E-state index in [0.717, 1.165) is 23.1 Å². The van der Waals surface area contributed by atoms with Crippen molar-refractivity contribution in [2.24, 2.45) is 0 Å². The Bertz CT molecular complexity index is 972. The minimum absolute atomic E-state index is 0.143. The first-order valence-electron chi connectivity index (χ1n) is 9.78. The summed E-state index contributed by atoms with van der Waals surface area (Å²) < 4.78 is 31.4. The Morgan fingerprint density at radius 1 is 1.13 bits per heavy atom. The number of aryl methyl sites for hydroxylation is 2. The lowest BCUT2D eigenvalue weighted by atomic mass is 10.1. The van der Waals surface area contributed by atoms with Gasteiger partial charge in [0.1, 0.15) is 12.4 Å². The molecule has 6 nitrogen and oxygen atoms in total. The molecule has 0 aliphatic heterocycles. The van der Waals surface area contributed by atoms with Gasteiger partial charge in [0.15, 0.2) is 0 Å². The Morgan fingerprint density at radius 2 is 1.80 bits per heavy atom. The SMILES string of the molecule is Cc1cc(C)cc(OCCNC(=O)CCCN(c2cccc(Cl)c2C)S(C)(=O)=O)c1. The minimum atomic E-state index is -3.49. The molecule has 0 bridgehead atoms. The highest BCUT2D eigenvalue weighted by atomic mass is 35.5. The van der Waals surface area contributed by atoms with E-state index in [2.05, 4.69) is 11.4 Å². The van der Waals surface area contributed by atoms with Crippen molar-refractivity contribution in [1.82, 2.24) is 5.32 Å². The van der Waals surface area contributed by atoms with Crippen LogP contribution in [-0.4, -0.2) is 40.3 Å². The van der Waals surface area contributed by atoms with Crippen LogP contribution >= 0.6 is 11.6 Å². The van der Waals surface area contributed by atoms with Crippen LogP contribution in [-0.2, 0) is 14.8 Å². The summed E-state index contributed by atoms with van der Waals surface area (Å²) in [5.74, 6) is 0.637. The number of carbonyl (C=O) groups excluding carboxylic acids is 1. The van der Waals surface area contributed by atoms with Gasteiger partial charge in [-0.15, -0.1) is 0 Å². The molecular weight excluding hydrogens is 424 g/mol. The van der Waals surface area contributed by atoms with Gasteiger partial charge >= 0.3 is 0 Å². The Balaban J connectivity index is 1.81. The zero-order chi connectivity index (χ0) is 22.3. The molecule has 2 aromatic rings. The molecule has 2 rings (SSSR count). The summed E-state index contributed by atoms with van der Waals surface area (Å²) in [7, 11) is -3.49. The predicted molar refractivity (Wildman–Crippen MR) is 122 cm³/mol. The van der Waals surface area contributed by atoms with Crippen molar-refractivity contribution in [2.75, 3.05) is 30.3 Å². The molecule has 8 heteroatoms. The quantitative estimate of drug-likeness (QED) is 0.552. The fourth-order valence-corrected chi connectivity index (χ4v) is 4.36. The third kappa shape index (κ3) is 7.22. The van der Waals surface area contributed by atoms with Gasteiger partial charge in [0, 0.05) is 18.0 Å². The van der Waals surface area contributed by atoms with Crippen LogP contribution in [0.4, 0.5) is 5.69 Å². The summed E-state index contributed by atoms with van der Waals surface area (Å²) in [4.78, 5) is 12.1. The van der Waals surface area contributed by atoms with Crippen LogP contribution in [0.5, 0.6) is 5.75 Å². The molecule has 0 aliphatic carbocycles. The van der Waals surface area contributed by atoms with E-state index in [0.29, 0.717) is 35.8 Å². The second kappa shape index (κ2) is 10.7. The van der Waals surface area contributed by atoms with Crippen LogP contribution in [0, 0.1) is 20.8 Å². The van der Waals surface area contributed by atoms with E-state index in [4.69, 9.17) is 16.3 Å². The average molecular weight is 453 g/mol. The summed E-state index contributed by atoms with van der Waals surface area (Å²) in [5.41, 5.74) is 3.48. The van der Waals surface area contributed by atoms with Crippen LogP contribution < -0.4 is 14.4 Å². The maximum Gasteiger partial charge on any atom is 0.232 e. The van der Waals surface area contributed by atoms with Gasteiger partial charge < -0.3 is 10.1 Å². The lowest BCUT2D eigenvalue weighted by molar-refractivity contribution is -0.121. The molecule has 0 saturated heterocycles. The van der Waals surface area contributed by atoms with Crippen LogP contribution in [0.3, 0.4) is 0 Å². The molecule has 0 aromatic heterocycles. The minimum Gasteiger partial charge on any atom is -0.492 e. The topological polar surface area (TPSA) is 75.7 Å². The largest absolute Gasteiger partial charge is 0.492 e. The van der Waals surface area contributed by atoms with Crippen LogP contribution in [0.25, 0.3) is 0 Å². The highest BCUT2D eigenvalue weighted by Crippen LogP contribution is 2.28. The fraction of sp³-hybridized carbons (Fsp3) is 0.409. The Hall–Kier alpha value is -2.25. The van der Waals surface area contributed by atoms with E-state index in [1.807, 2.05) is 26.0 Å².